The third-order valence-electron chi connectivity index (χ3n) is 3.56. The monoisotopic (exact) mass is 260 g/mol. The molecule has 2 heterocycles. The molecule has 1 aromatic rings. The molecule has 0 aromatic heterocycles. The van der Waals surface area contributed by atoms with E-state index in [4.69, 9.17) is 4.74 Å². The maximum absolute atomic E-state index is 12.3. The van der Waals surface area contributed by atoms with Gasteiger partial charge in [0.2, 0.25) is 0 Å². The molecular weight excluding hydrogens is 244 g/mol. The van der Waals surface area contributed by atoms with Crippen LogP contribution < -0.4 is 4.90 Å². The van der Waals surface area contributed by atoms with E-state index in [1.807, 2.05) is 17.0 Å². The lowest BCUT2D eigenvalue weighted by atomic mass is 10.1. The summed E-state index contributed by atoms with van der Waals surface area (Å²) in [6, 6.07) is 7.20. The highest BCUT2D eigenvalue weighted by Gasteiger charge is 2.25. The van der Waals surface area contributed by atoms with Gasteiger partial charge in [0.15, 0.2) is 0 Å². The van der Waals surface area contributed by atoms with Crippen molar-refractivity contribution in [1.82, 2.24) is 4.90 Å². The molecule has 0 aliphatic carbocycles. The van der Waals surface area contributed by atoms with Gasteiger partial charge in [-0.1, -0.05) is 6.07 Å². The number of carbonyl (C=O) groups is 2. The van der Waals surface area contributed by atoms with Gasteiger partial charge in [0.1, 0.15) is 6.61 Å². The Morgan fingerprint density at radius 3 is 2.63 bits per heavy atom. The first kappa shape index (κ1) is 12.0. The van der Waals surface area contributed by atoms with Crippen molar-refractivity contribution < 1.29 is 14.3 Å². The number of nitrogens with zero attached hydrogens (tertiary/aromatic N) is 2. The summed E-state index contributed by atoms with van der Waals surface area (Å²) in [4.78, 5) is 27.2. The van der Waals surface area contributed by atoms with Crippen molar-refractivity contribution in [2.24, 2.45) is 0 Å². The molecule has 0 N–H and O–H groups in total. The summed E-state index contributed by atoms with van der Waals surface area (Å²) in [5, 5.41) is 0. The average molecular weight is 260 g/mol. The molecule has 2 aliphatic rings. The quantitative estimate of drug-likeness (QED) is 0.815. The summed E-state index contributed by atoms with van der Waals surface area (Å²) in [6.07, 6.45) is 1.80. The molecule has 2 fully saturated rings. The van der Waals surface area contributed by atoms with Gasteiger partial charge in [-0.05, 0) is 31.0 Å². The first-order valence-corrected chi connectivity index (χ1v) is 6.59. The van der Waals surface area contributed by atoms with Crippen LogP contribution in [0.1, 0.15) is 23.2 Å². The number of hydrogen-bond donors (Lipinski definition) is 0. The predicted octanol–water partition coefficient (Wildman–Crippen LogP) is 1.88. The van der Waals surface area contributed by atoms with Gasteiger partial charge in [0.25, 0.3) is 5.91 Å². The van der Waals surface area contributed by atoms with Crippen LogP contribution in [-0.2, 0) is 4.74 Å². The average Bonchev–Trinajstić information content (AvgIpc) is 3.09. The van der Waals surface area contributed by atoms with E-state index in [9.17, 15) is 9.59 Å². The fraction of sp³-hybridized carbons (Fsp3) is 0.429. The van der Waals surface area contributed by atoms with Crippen LogP contribution in [0.15, 0.2) is 24.3 Å². The first-order chi connectivity index (χ1) is 9.25. The highest BCUT2D eigenvalue weighted by atomic mass is 16.6. The zero-order valence-electron chi connectivity index (χ0n) is 10.7. The third-order valence-corrected chi connectivity index (χ3v) is 3.56. The molecule has 5 nitrogen and oxygen atoms in total. The number of hydrogen-bond acceptors (Lipinski definition) is 3. The summed E-state index contributed by atoms with van der Waals surface area (Å²) >= 11 is 0. The molecular formula is C14H16N2O3. The van der Waals surface area contributed by atoms with Crippen molar-refractivity contribution in [3.8, 4) is 0 Å². The molecule has 3 rings (SSSR count). The van der Waals surface area contributed by atoms with E-state index in [2.05, 4.69) is 0 Å². The Balaban J connectivity index is 1.83. The van der Waals surface area contributed by atoms with Crippen LogP contribution in [0.3, 0.4) is 0 Å². The molecule has 5 heteroatoms. The van der Waals surface area contributed by atoms with Gasteiger partial charge in [0, 0.05) is 24.3 Å². The van der Waals surface area contributed by atoms with Crippen molar-refractivity contribution >= 4 is 17.7 Å². The van der Waals surface area contributed by atoms with Crippen LogP contribution >= 0.6 is 0 Å². The Kier molecular flexibility index (Phi) is 3.11. The minimum absolute atomic E-state index is 0.0481. The van der Waals surface area contributed by atoms with Crippen molar-refractivity contribution in [2.45, 2.75) is 12.8 Å². The molecule has 100 valence electrons. The van der Waals surface area contributed by atoms with Crippen LogP contribution in [0, 0.1) is 0 Å². The van der Waals surface area contributed by atoms with Crippen molar-refractivity contribution in [3.63, 3.8) is 0 Å². The number of likely N-dealkylation sites (tertiary alicyclic amines) is 1. The molecule has 1 aromatic carbocycles. The van der Waals surface area contributed by atoms with Gasteiger partial charge in [-0.2, -0.15) is 0 Å². The number of cyclic esters (lactones) is 1. The van der Waals surface area contributed by atoms with E-state index in [0.717, 1.165) is 31.6 Å². The van der Waals surface area contributed by atoms with Gasteiger partial charge in [-0.3, -0.25) is 9.69 Å². The van der Waals surface area contributed by atoms with Gasteiger partial charge < -0.3 is 9.64 Å². The lowest BCUT2D eigenvalue weighted by Crippen LogP contribution is -2.28. The van der Waals surface area contributed by atoms with Crippen LogP contribution in [0.25, 0.3) is 0 Å². The molecule has 0 spiro atoms. The van der Waals surface area contributed by atoms with E-state index < -0.39 is 0 Å². The molecule has 0 radical (unpaired) electrons. The number of amides is 2. The van der Waals surface area contributed by atoms with Gasteiger partial charge >= 0.3 is 6.09 Å². The smallest absolute Gasteiger partial charge is 0.414 e. The van der Waals surface area contributed by atoms with Crippen molar-refractivity contribution in [2.75, 3.05) is 31.1 Å². The minimum atomic E-state index is -0.342. The summed E-state index contributed by atoms with van der Waals surface area (Å²) < 4.78 is 4.91. The first-order valence-electron chi connectivity index (χ1n) is 6.59. The van der Waals surface area contributed by atoms with E-state index in [1.165, 1.54) is 0 Å². The second-order valence-corrected chi connectivity index (χ2v) is 4.82. The molecule has 0 bridgehead atoms. The number of ether oxygens (including phenoxy) is 1. The van der Waals surface area contributed by atoms with E-state index in [1.54, 1.807) is 17.0 Å². The SMILES string of the molecule is O=C(c1cccc(N2CCOC2=O)c1)N1CCCC1. The Labute approximate surface area is 111 Å². The zero-order chi connectivity index (χ0) is 13.2. The second-order valence-electron chi connectivity index (χ2n) is 4.82. The van der Waals surface area contributed by atoms with Gasteiger partial charge in [-0.25, -0.2) is 4.79 Å². The summed E-state index contributed by atoms with van der Waals surface area (Å²) in [5.41, 5.74) is 1.37. The van der Waals surface area contributed by atoms with E-state index in [0.29, 0.717) is 18.7 Å². The highest BCUT2D eigenvalue weighted by Crippen LogP contribution is 2.21. The Morgan fingerprint density at radius 1 is 1.16 bits per heavy atom. The maximum Gasteiger partial charge on any atom is 0.414 e. The molecule has 2 amide bonds. The third kappa shape index (κ3) is 2.28. The lowest BCUT2D eigenvalue weighted by Gasteiger charge is -2.17. The van der Waals surface area contributed by atoms with Gasteiger partial charge in [-0.15, -0.1) is 0 Å². The standard InChI is InChI=1S/C14H16N2O3/c17-13(15-6-1-2-7-15)11-4-3-5-12(10-11)16-8-9-19-14(16)18/h3-5,10H,1-2,6-9H2. The number of rotatable bonds is 2. The largest absolute Gasteiger partial charge is 0.447 e. The van der Waals surface area contributed by atoms with E-state index >= 15 is 0 Å². The molecule has 2 aliphatic heterocycles. The fourth-order valence-electron chi connectivity index (χ4n) is 2.54. The van der Waals surface area contributed by atoms with Crippen LogP contribution in [0.5, 0.6) is 0 Å². The lowest BCUT2D eigenvalue weighted by molar-refractivity contribution is 0.0792. The molecule has 19 heavy (non-hydrogen) atoms. The summed E-state index contributed by atoms with van der Waals surface area (Å²) in [6.45, 7) is 2.60. The normalized spacial score (nSPS) is 18.8. The highest BCUT2D eigenvalue weighted by molar-refractivity contribution is 5.97. The number of benzene rings is 1. The Bertz CT molecular complexity index is 509. The maximum atomic E-state index is 12.3. The second kappa shape index (κ2) is 4.91. The van der Waals surface area contributed by atoms with Crippen LogP contribution in [-0.4, -0.2) is 43.1 Å². The van der Waals surface area contributed by atoms with Crippen molar-refractivity contribution in [3.05, 3.63) is 29.8 Å². The fourth-order valence-corrected chi connectivity index (χ4v) is 2.54. The van der Waals surface area contributed by atoms with Crippen molar-refractivity contribution in [1.29, 1.82) is 0 Å². The van der Waals surface area contributed by atoms with Gasteiger partial charge in [0.05, 0.1) is 6.54 Å². The molecule has 0 saturated carbocycles. The number of carbonyl (C=O) groups excluding carboxylic acids is 2. The zero-order valence-corrected chi connectivity index (χ0v) is 10.7. The predicted molar refractivity (Wildman–Crippen MR) is 70.3 cm³/mol. The van der Waals surface area contributed by atoms with E-state index in [-0.39, 0.29) is 12.0 Å². The van der Waals surface area contributed by atoms with Crippen LogP contribution in [0.4, 0.5) is 10.5 Å². The molecule has 0 unspecified atom stereocenters. The summed E-state index contributed by atoms with van der Waals surface area (Å²) in [7, 11) is 0. The topological polar surface area (TPSA) is 49.9 Å². The Hall–Kier alpha value is -2.04. The van der Waals surface area contributed by atoms with Crippen LogP contribution in [0.2, 0.25) is 0 Å². The molecule has 0 atom stereocenters. The molecule has 2 saturated heterocycles. The minimum Gasteiger partial charge on any atom is -0.447 e. The number of anilines is 1. The Morgan fingerprint density at radius 2 is 1.95 bits per heavy atom. The summed E-state index contributed by atoms with van der Waals surface area (Å²) in [5.74, 6) is 0.0481.